The van der Waals surface area contributed by atoms with Crippen molar-refractivity contribution in [3.8, 4) is 0 Å². The third-order valence-electron chi connectivity index (χ3n) is 9.96. The molecule has 44 nitrogen and oxygen atoms in total. The number of aliphatic hydroxyl groups is 5. The summed E-state index contributed by atoms with van der Waals surface area (Å²) in [6.07, 6.45) is -16.6. The van der Waals surface area contributed by atoms with Gasteiger partial charge in [0.2, 0.25) is 62.4 Å². The molecule has 85 heavy (non-hydrogen) atoms. The van der Waals surface area contributed by atoms with Gasteiger partial charge in [-0.3, -0.25) is 25.1 Å². The van der Waals surface area contributed by atoms with Gasteiger partial charge in [-0.1, -0.05) is 36.6 Å². The lowest BCUT2D eigenvalue weighted by atomic mass is 9.92. The van der Waals surface area contributed by atoms with Crippen LogP contribution in [0.25, 0.3) is 0 Å². The molecule has 15 atom stereocenters. The predicted molar refractivity (Wildman–Crippen MR) is 259 cm³/mol. The Morgan fingerprint density at radius 3 is 1.06 bits per heavy atom. The number of nitrogens with one attached hydrogen (secondary N) is 1. The van der Waals surface area contributed by atoms with Crippen LogP contribution in [0, 0.1) is 11.8 Å². The van der Waals surface area contributed by atoms with Crippen molar-refractivity contribution in [1.82, 2.24) is 5.32 Å². The summed E-state index contributed by atoms with van der Waals surface area (Å²) in [7, 11) is -29.6. The van der Waals surface area contributed by atoms with Gasteiger partial charge < -0.3 is 129 Å². The Kier molecular flexibility index (Phi) is 49.6. The summed E-state index contributed by atoms with van der Waals surface area (Å²) >= 11 is 0. The Labute approximate surface area is 489 Å². The average Bonchev–Trinajstić information content (AvgIpc) is 3.25. The number of hydrogen-bond donors (Lipinski definition) is 6. The Balaban J connectivity index is -0.000000143. The molecule has 520 valence electrons. The van der Waals surface area contributed by atoms with Crippen molar-refractivity contribution in [2.24, 2.45) is 11.8 Å². The van der Waals surface area contributed by atoms with E-state index in [1.165, 1.54) is 6.92 Å². The van der Waals surface area contributed by atoms with Crippen LogP contribution in [0.4, 0.5) is 0 Å². The van der Waals surface area contributed by atoms with Crippen molar-refractivity contribution in [2.45, 2.75) is 142 Å². The zero-order valence-electron chi connectivity index (χ0n) is 40.7. The highest BCUT2D eigenvalue weighted by atomic mass is 32.3. The van der Waals surface area contributed by atoms with Gasteiger partial charge >= 0.3 is 0 Å². The maximum absolute atomic E-state index is 10.5. The second kappa shape index (κ2) is 42.9. The first kappa shape index (κ1) is 98.3. The van der Waals surface area contributed by atoms with Gasteiger partial charge in [0, 0.05) is 50.2 Å². The van der Waals surface area contributed by atoms with Crippen LogP contribution >= 0.6 is 0 Å². The topological polar surface area (TPSA) is 795 Å². The zero-order valence-corrected chi connectivity index (χ0v) is 45.6. The molecule has 5 aliphatic heterocycles. The molecule has 5 fully saturated rings. The van der Waals surface area contributed by atoms with Crippen molar-refractivity contribution in [3.63, 3.8) is 0 Å². The van der Waals surface area contributed by atoms with Crippen molar-refractivity contribution in [1.29, 1.82) is 0 Å². The van der Waals surface area contributed by atoms with Crippen LogP contribution < -0.4 is 20.6 Å². The molecule has 0 aromatic carbocycles. The number of hydrogen-bond acceptors (Lipinski definition) is 40. The Hall–Kier alpha value is -2.93. The Bertz CT molecular complexity index is 2480. The molecule has 0 aliphatic carbocycles. The standard InChI is InChI=1S/C7H12O8S.C6H11NO3.2C6H12O10S2.C6H10O8S.4CH4.4H2O/c1-3-5(8)4(15-16(11,12)13)2-14-6(3)7(9)10;8-5-1-4(6(9)10)2-7-3-5;2*7-5-1-4(2-15-17(8,9)10)14-3-6(5)16-18(11,12)13;7-3-1-4(6(8)9)13-2-5(3)14-15(10,11)12;;;;;;;;/h3-6,8H,2H2,1H3,(H,9,10)(H,11,12,13);4-5,7-8H,1-3H2,(H,9,10);2*4-7H,1-3H2,(H,8,9,10)(H,11,12,13);3-5,7H,1-2H2,(H,8,9)(H,10,11,12);4*1H4;4*1H2/p-9/t3-,4?,5+,6?;4?,5-;2*4?,5-,6?;3-,4?,5?;;;;;;;;/m01111......../s1. The summed E-state index contributed by atoms with van der Waals surface area (Å²) in [5.41, 5.74) is 0. The molecule has 0 amide bonds. The second-order valence-corrected chi connectivity index (χ2v) is 22.1. The van der Waals surface area contributed by atoms with Crippen LogP contribution in [0.5, 0.6) is 0 Å². The van der Waals surface area contributed by atoms with E-state index < -0.39 is 211 Å². The SMILES string of the molecule is C.C.C.C.C[C@@H]1C(C(=O)[O-])OCC(OS(=O)(=O)[O-])[C@@H]1O.O.O.O.O.O=C([O-])C1CNC[C@H](O)C1.O=C([O-])C1C[C@@H](O)C(OS(=O)(=O)[O-])CO1.O=S(=O)([O-])OCC1C[C@@H](O)C(OS(=O)(=O)[O-])CO1.O=S(=O)([O-])OCC1C[C@@H](O)C(OS(=O)(=O)[O-])CO1. The zero-order chi connectivity index (χ0) is 59.7. The summed E-state index contributed by atoms with van der Waals surface area (Å²) < 4.78 is 227. The molecule has 0 saturated carbocycles. The van der Waals surface area contributed by atoms with E-state index in [1.54, 1.807) is 0 Å². The van der Waals surface area contributed by atoms with Crippen LogP contribution in [-0.2, 0) is 121 Å². The molecule has 0 aromatic rings. The molecule has 5 rings (SSSR count). The average molecular weight is 1390 g/mol. The van der Waals surface area contributed by atoms with E-state index >= 15 is 0 Å². The molecular formula is C35H72NO43S6-9. The minimum atomic E-state index is -4.98. The predicted octanol–water partition coefficient (Wildman–Crippen LogP) is -14.4. The number of aliphatic carboxylic acids is 3. The molecule has 0 bridgehead atoms. The van der Waals surface area contributed by atoms with Gasteiger partial charge in [0.25, 0.3) is 0 Å². The van der Waals surface area contributed by atoms with Gasteiger partial charge in [-0.25, -0.2) is 50.5 Å². The minimum Gasteiger partial charge on any atom is -0.726 e. The lowest BCUT2D eigenvalue weighted by molar-refractivity contribution is -0.324. The smallest absolute Gasteiger partial charge is 0.218 e. The first-order valence-electron chi connectivity index (χ1n) is 20.8. The molecular weight excluding hydrogens is 1310 g/mol. The van der Waals surface area contributed by atoms with E-state index in [1.807, 2.05) is 0 Å². The molecule has 9 unspecified atom stereocenters. The van der Waals surface area contributed by atoms with Crippen LogP contribution in [0.3, 0.4) is 0 Å². The fourth-order valence-corrected chi connectivity index (χ4v) is 9.02. The second-order valence-electron chi connectivity index (χ2n) is 16.0. The summed E-state index contributed by atoms with van der Waals surface area (Å²) in [4.78, 5) is 31.1. The number of carboxylic acid groups (broad SMARTS) is 3. The van der Waals surface area contributed by atoms with Gasteiger partial charge in [0.05, 0.1) is 100 Å². The van der Waals surface area contributed by atoms with E-state index in [9.17, 15) is 128 Å². The van der Waals surface area contributed by atoms with Crippen LogP contribution in [-0.4, -0.2) is 275 Å². The number of carboxylic acids is 3. The quantitative estimate of drug-likeness (QED) is 0.0582. The maximum atomic E-state index is 10.5. The highest BCUT2D eigenvalue weighted by Gasteiger charge is 2.39. The van der Waals surface area contributed by atoms with Gasteiger partial charge in [-0.05, 0) is 6.42 Å². The number of carbonyl (C=O) groups excluding carboxylic acids is 3. The number of carbonyl (C=O) groups is 3. The van der Waals surface area contributed by atoms with Crippen molar-refractivity contribution >= 4 is 80.3 Å². The van der Waals surface area contributed by atoms with Crippen LogP contribution in [0.15, 0.2) is 0 Å². The Morgan fingerprint density at radius 2 is 0.788 bits per heavy atom. The van der Waals surface area contributed by atoms with Crippen LogP contribution in [0.2, 0.25) is 0 Å². The molecule has 5 saturated heterocycles. The fraction of sp³-hybridized carbons (Fsp3) is 0.914. The molecule has 5 aliphatic rings. The van der Waals surface area contributed by atoms with Crippen LogP contribution in [0.1, 0.15) is 62.3 Å². The summed E-state index contributed by atoms with van der Waals surface area (Å²) in [5.74, 6) is -5.58. The molecule has 14 N–H and O–H groups in total. The van der Waals surface area contributed by atoms with E-state index in [4.69, 9.17) is 19.3 Å². The molecule has 0 aromatic heterocycles. The number of ether oxygens (including phenoxy) is 4. The lowest BCUT2D eigenvalue weighted by Crippen LogP contribution is -2.55. The molecule has 5 heterocycles. The summed E-state index contributed by atoms with van der Waals surface area (Å²) in [6.45, 7) is -0.904. The molecule has 50 heteroatoms. The number of β-amino-alcohol motifs (C(OH)–C–C–N with tert-alkyl or cyclic N) is 1. The highest BCUT2D eigenvalue weighted by molar-refractivity contribution is 7.82. The summed E-state index contributed by atoms with van der Waals surface area (Å²) in [6, 6.07) is 0. The first-order chi connectivity index (χ1) is 34.8. The van der Waals surface area contributed by atoms with Crippen molar-refractivity contribution < 1.29 is 199 Å². The molecule has 0 spiro atoms. The van der Waals surface area contributed by atoms with Gasteiger partial charge in [-0.2, -0.15) is 0 Å². The monoisotopic (exact) mass is 1390 g/mol. The number of rotatable bonds is 17. The van der Waals surface area contributed by atoms with Gasteiger partial charge in [0.15, 0.2) is 0 Å². The number of piperidine rings is 1. The normalized spacial score (nSPS) is 29.3. The lowest BCUT2D eigenvalue weighted by Gasteiger charge is -2.38. The molecule has 0 radical (unpaired) electrons. The highest BCUT2D eigenvalue weighted by Crippen LogP contribution is 2.25. The van der Waals surface area contributed by atoms with E-state index in [0.29, 0.717) is 19.5 Å². The largest absolute Gasteiger partial charge is 0.726 e. The minimum absolute atomic E-state index is 0. The third kappa shape index (κ3) is 44.2. The first-order valence-corrected chi connectivity index (χ1v) is 28.8. The number of aliphatic hydroxyl groups excluding tert-OH is 5. The van der Waals surface area contributed by atoms with Gasteiger partial charge in [-0.15, -0.1) is 0 Å². The van der Waals surface area contributed by atoms with Crippen molar-refractivity contribution in [2.75, 3.05) is 52.7 Å². The summed E-state index contributed by atoms with van der Waals surface area (Å²) in [5, 5.41) is 80.5. The third-order valence-corrected chi connectivity index (χ3v) is 12.7. The Morgan fingerprint density at radius 1 is 0.459 bits per heavy atom. The van der Waals surface area contributed by atoms with Crippen molar-refractivity contribution in [3.05, 3.63) is 0 Å². The van der Waals surface area contributed by atoms with E-state index in [-0.39, 0.29) is 70.9 Å². The van der Waals surface area contributed by atoms with E-state index in [2.05, 4.69) is 35.2 Å². The van der Waals surface area contributed by atoms with Gasteiger partial charge in [0.1, 0.15) is 30.5 Å². The fourth-order valence-electron chi connectivity index (χ4n) is 6.45. The maximum Gasteiger partial charge on any atom is 0.218 e. The van der Waals surface area contributed by atoms with E-state index in [0.717, 1.165) is 0 Å².